The van der Waals surface area contributed by atoms with Gasteiger partial charge in [-0.15, -0.1) is 10.2 Å². The van der Waals surface area contributed by atoms with Gasteiger partial charge in [0.25, 0.3) is 5.69 Å². The van der Waals surface area contributed by atoms with Crippen LogP contribution in [-0.2, 0) is 11.3 Å². The molecule has 0 radical (unpaired) electrons. The number of phenols is 1. The summed E-state index contributed by atoms with van der Waals surface area (Å²) in [6, 6.07) is 22.3. The average molecular weight is 462 g/mol. The standard InChI is InChI=1S/C23H19N5O4S/c29-20-12-5-4-11-19(20)22-25-26-23(27(22)14-16-7-2-1-3-8-16)33-15-21(30)24-17-9-6-10-18(13-17)28(31)32/h1-13,29H,14-15H2,(H,24,30). The number of hydrogen-bond donors (Lipinski definition) is 2. The Hall–Kier alpha value is -4.18. The fourth-order valence-electron chi connectivity index (χ4n) is 3.19. The van der Waals surface area contributed by atoms with Gasteiger partial charge in [-0.05, 0) is 23.8 Å². The molecular weight excluding hydrogens is 442 g/mol. The van der Waals surface area contributed by atoms with E-state index in [1.165, 1.54) is 30.0 Å². The second-order valence-corrected chi connectivity index (χ2v) is 7.98. The SMILES string of the molecule is O=C(CSc1nnc(-c2ccccc2O)n1Cc1ccccc1)Nc1cccc([N+](=O)[O-])c1. The molecule has 0 aliphatic carbocycles. The van der Waals surface area contributed by atoms with Crippen molar-refractivity contribution < 1.29 is 14.8 Å². The molecule has 0 atom stereocenters. The molecule has 1 aromatic heterocycles. The Morgan fingerprint density at radius 2 is 1.79 bits per heavy atom. The maximum atomic E-state index is 12.5. The number of hydrogen-bond acceptors (Lipinski definition) is 7. The third-order valence-electron chi connectivity index (χ3n) is 4.72. The highest BCUT2D eigenvalue weighted by Crippen LogP contribution is 2.31. The van der Waals surface area contributed by atoms with Gasteiger partial charge < -0.3 is 10.4 Å². The number of amides is 1. The largest absolute Gasteiger partial charge is 0.507 e. The van der Waals surface area contributed by atoms with Crippen LogP contribution in [0.1, 0.15) is 5.56 Å². The fraction of sp³-hybridized carbons (Fsp3) is 0.0870. The van der Waals surface area contributed by atoms with Crippen LogP contribution in [0.3, 0.4) is 0 Å². The van der Waals surface area contributed by atoms with Crippen LogP contribution in [0.2, 0.25) is 0 Å². The van der Waals surface area contributed by atoms with E-state index in [9.17, 15) is 20.0 Å². The van der Waals surface area contributed by atoms with Gasteiger partial charge in [0.05, 0.1) is 22.8 Å². The van der Waals surface area contributed by atoms with Gasteiger partial charge in [0, 0.05) is 17.8 Å². The number of thioether (sulfide) groups is 1. The van der Waals surface area contributed by atoms with E-state index in [-0.39, 0.29) is 23.1 Å². The molecule has 4 rings (SSSR count). The molecule has 33 heavy (non-hydrogen) atoms. The topological polar surface area (TPSA) is 123 Å². The summed E-state index contributed by atoms with van der Waals surface area (Å²) >= 11 is 1.19. The molecule has 0 aliphatic heterocycles. The van der Waals surface area contributed by atoms with E-state index in [1.54, 1.807) is 30.3 Å². The predicted molar refractivity (Wildman–Crippen MR) is 125 cm³/mol. The molecule has 3 aromatic carbocycles. The number of para-hydroxylation sites is 1. The number of benzene rings is 3. The number of anilines is 1. The van der Waals surface area contributed by atoms with Crippen LogP contribution in [0.25, 0.3) is 11.4 Å². The number of nitrogens with one attached hydrogen (secondary N) is 1. The molecular formula is C23H19N5O4S. The molecule has 2 N–H and O–H groups in total. The lowest BCUT2D eigenvalue weighted by Crippen LogP contribution is -2.15. The third-order valence-corrected chi connectivity index (χ3v) is 5.69. The van der Waals surface area contributed by atoms with Gasteiger partial charge >= 0.3 is 0 Å². The summed E-state index contributed by atoms with van der Waals surface area (Å²) in [7, 11) is 0. The summed E-state index contributed by atoms with van der Waals surface area (Å²) in [5.41, 5.74) is 1.79. The number of nitrogens with zero attached hydrogens (tertiary/aromatic N) is 4. The highest BCUT2D eigenvalue weighted by Gasteiger charge is 2.18. The number of phenolic OH excluding ortho intramolecular Hbond substituents is 1. The molecule has 1 amide bonds. The van der Waals surface area contributed by atoms with Crippen LogP contribution in [0.5, 0.6) is 5.75 Å². The number of aromatic hydroxyl groups is 1. The van der Waals surface area contributed by atoms with Crippen molar-refractivity contribution in [2.45, 2.75) is 11.7 Å². The van der Waals surface area contributed by atoms with Gasteiger partial charge in [-0.3, -0.25) is 19.5 Å². The van der Waals surface area contributed by atoms with Crippen LogP contribution in [0, 0.1) is 10.1 Å². The predicted octanol–water partition coefficient (Wildman–Crippen LogP) is 4.34. The molecule has 0 aliphatic rings. The zero-order valence-electron chi connectivity index (χ0n) is 17.3. The number of aromatic nitrogens is 3. The Labute approximate surface area is 193 Å². The summed E-state index contributed by atoms with van der Waals surface area (Å²) in [5, 5.41) is 32.9. The fourth-order valence-corrected chi connectivity index (χ4v) is 3.93. The van der Waals surface area contributed by atoms with E-state index in [2.05, 4.69) is 15.5 Å². The molecule has 4 aromatic rings. The molecule has 0 saturated heterocycles. The van der Waals surface area contributed by atoms with E-state index in [0.717, 1.165) is 5.56 Å². The lowest BCUT2D eigenvalue weighted by atomic mass is 10.1. The first-order valence-electron chi connectivity index (χ1n) is 9.94. The Balaban J connectivity index is 1.54. The minimum atomic E-state index is -0.517. The van der Waals surface area contributed by atoms with Crippen molar-refractivity contribution in [2.24, 2.45) is 0 Å². The first-order chi connectivity index (χ1) is 16.0. The molecule has 10 heteroatoms. The minimum Gasteiger partial charge on any atom is -0.507 e. The van der Waals surface area contributed by atoms with Crippen molar-refractivity contribution >= 4 is 29.0 Å². The van der Waals surface area contributed by atoms with E-state index >= 15 is 0 Å². The van der Waals surface area contributed by atoms with Crippen LogP contribution < -0.4 is 5.32 Å². The second-order valence-electron chi connectivity index (χ2n) is 7.04. The third kappa shape index (κ3) is 5.36. The van der Waals surface area contributed by atoms with E-state index in [1.807, 2.05) is 34.9 Å². The number of carbonyl (C=O) groups is 1. The minimum absolute atomic E-state index is 0.0242. The van der Waals surface area contributed by atoms with Crippen molar-refractivity contribution in [3.05, 3.63) is 94.5 Å². The molecule has 0 saturated carbocycles. The molecule has 9 nitrogen and oxygen atoms in total. The summed E-state index contributed by atoms with van der Waals surface area (Å²) in [4.78, 5) is 22.9. The monoisotopic (exact) mass is 461 g/mol. The zero-order valence-corrected chi connectivity index (χ0v) is 18.1. The van der Waals surface area contributed by atoms with Crippen LogP contribution in [-0.4, -0.2) is 36.5 Å². The van der Waals surface area contributed by atoms with Crippen molar-refractivity contribution in [1.82, 2.24) is 14.8 Å². The lowest BCUT2D eigenvalue weighted by molar-refractivity contribution is -0.384. The van der Waals surface area contributed by atoms with Crippen molar-refractivity contribution in [3.63, 3.8) is 0 Å². The lowest BCUT2D eigenvalue weighted by Gasteiger charge is -2.11. The quantitative estimate of drug-likeness (QED) is 0.227. The number of nitro groups is 1. The maximum absolute atomic E-state index is 12.5. The number of non-ortho nitro benzene ring substituents is 1. The van der Waals surface area contributed by atoms with E-state index in [0.29, 0.717) is 28.8 Å². The normalized spacial score (nSPS) is 10.7. The smallest absolute Gasteiger partial charge is 0.271 e. The number of nitro benzene ring substituents is 1. The second kappa shape index (κ2) is 9.96. The zero-order chi connectivity index (χ0) is 23.2. The first kappa shape index (κ1) is 22.0. The molecule has 166 valence electrons. The van der Waals surface area contributed by atoms with Crippen molar-refractivity contribution in [2.75, 3.05) is 11.1 Å². The molecule has 0 fully saturated rings. The van der Waals surface area contributed by atoms with Crippen LogP contribution in [0.15, 0.2) is 84.0 Å². The summed E-state index contributed by atoms with van der Waals surface area (Å²) in [5.74, 6) is 0.257. The van der Waals surface area contributed by atoms with Gasteiger partial charge in [0.15, 0.2) is 11.0 Å². The Morgan fingerprint density at radius 3 is 2.55 bits per heavy atom. The summed E-state index contributed by atoms with van der Waals surface area (Å²) in [6.45, 7) is 0.451. The van der Waals surface area contributed by atoms with Gasteiger partial charge in [0.1, 0.15) is 5.75 Å². The summed E-state index contributed by atoms with van der Waals surface area (Å²) in [6.07, 6.45) is 0. The molecule has 0 unspecified atom stereocenters. The Kier molecular flexibility index (Phi) is 6.65. The Morgan fingerprint density at radius 1 is 1.03 bits per heavy atom. The van der Waals surface area contributed by atoms with Gasteiger partial charge in [0.2, 0.25) is 5.91 Å². The average Bonchev–Trinajstić information content (AvgIpc) is 3.21. The highest BCUT2D eigenvalue weighted by atomic mass is 32.2. The molecule has 0 bridgehead atoms. The van der Waals surface area contributed by atoms with E-state index in [4.69, 9.17) is 0 Å². The number of carbonyl (C=O) groups excluding carboxylic acids is 1. The maximum Gasteiger partial charge on any atom is 0.271 e. The van der Waals surface area contributed by atoms with Gasteiger partial charge in [-0.25, -0.2) is 0 Å². The van der Waals surface area contributed by atoms with Crippen LogP contribution in [0.4, 0.5) is 11.4 Å². The molecule has 0 spiro atoms. The van der Waals surface area contributed by atoms with Crippen LogP contribution >= 0.6 is 11.8 Å². The Bertz CT molecular complexity index is 1290. The molecule has 1 heterocycles. The van der Waals surface area contributed by atoms with Crippen molar-refractivity contribution in [1.29, 1.82) is 0 Å². The van der Waals surface area contributed by atoms with Crippen molar-refractivity contribution in [3.8, 4) is 17.1 Å². The van der Waals surface area contributed by atoms with E-state index < -0.39 is 4.92 Å². The summed E-state index contributed by atoms with van der Waals surface area (Å²) < 4.78 is 1.84. The number of rotatable bonds is 8. The first-order valence-corrected chi connectivity index (χ1v) is 10.9. The van der Waals surface area contributed by atoms with Gasteiger partial charge in [-0.1, -0.05) is 60.3 Å². The highest BCUT2D eigenvalue weighted by molar-refractivity contribution is 7.99. The van der Waals surface area contributed by atoms with Gasteiger partial charge in [-0.2, -0.15) is 0 Å².